The first-order valence-corrected chi connectivity index (χ1v) is 0. The molecule has 0 aliphatic rings. The molecule has 0 amide bonds. The van der Waals surface area contributed by atoms with Crippen LogP contribution in [-0.2, 0) is 75.2 Å². The summed E-state index contributed by atoms with van der Waals surface area (Å²) in [4.78, 5) is 0. The van der Waals surface area contributed by atoms with Gasteiger partial charge < -0.3 is 40.5 Å². The van der Waals surface area contributed by atoms with E-state index in [-0.39, 0.29) is 75.2 Å². The molecule has 30 valence electrons. The summed E-state index contributed by atoms with van der Waals surface area (Å²) in [7, 11) is 0. The number of hydrogen-bond donors (Lipinski definition) is 0. The van der Waals surface area contributed by atoms with Crippen molar-refractivity contribution in [3.05, 3.63) is 0 Å². The maximum Gasteiger partial charge on any atom is 3.00 e. The second-order valence-electron chi connectivity index (χ2n) is 0. The van der Waals surface area contributed by atoms with Crippen LogP contribution in [0.3, 0.4) is 0 Å². The zero-order valence-electron chi connectivity index (χ0n) is 2.04. The Morgan fingerprint density at radius 2 is 0.400 bits per heavy atom. The SMILES string of the molecule is [Cr+3].[Cr+3].[S-2].[S-2].[S-2]. The Balaban J connectivity index is 0. The Bertz CT molecular complexity index is 4.85. The standard InChI is InChI=1S/2Cr.3S/q2*+3;3*-2. The predicted octanol–water partition coefficient (Wildman–Crippen LogP) is -0.0122. The number of hydrogen-bond acceptors (Lipinski definition) is 0. The van der Waals surface area contributed by atoms with Crippen molar-refractivity contribution in [1.29, 1.82) is 0 Å². The summed E-state index contributed by atoms with van der Waals surface area (Å²) in [5.74, 6) is 0. The minimum absolute atomic E-state index is 0. The molecular weight excluding hydrogens is 200 g/mol. The molecule has 0 nitrogen and oxygen atoms in total. The topological polar surface area (TPSA) is 0 Å². The number of rotatable bonds is 0. The van der Waals surface area contributed by atoms with E-state index in [1.165, 1.54) is 0 Å². The molecule has 0 bridgehead atoms. The van der Waals surface area contributed by atoms with Crippen molar-refractivity contribution in [3.8, 4) is 0 Å². The molecule has 0 aromatic rings. The quantitative estimate of drug-likeness (QED) is 0.516. The molecule has 0 saturated carbocycles. The van der Waals surface area contributed by atoms with E-state index in [4.69, 9.17) is 0 Å². The van der Waals surface area contributed by atoms with Crippen LogP contribution in [0.4, 0.5) is 0 Å². The molecule has 2 radical (unpaired) electrons. The molecule has 0 N–H and O–H groups in total. The third kappa shape index (κ3) is 23.1. The van der Waals surface area contributed by atoms with Crippen LogP contribution in [0.25, 0.3) is 0 Å². The third-order valence-corrected chi connectivity index (χ3v) is 0. The van der Waals surface area contributed by atoms with Gasteiger partial charge in [-0.15, -0.1) is 0 Å². The molecular formula is Cr2S3. The molecule has 0 aromatic carbocycles. The first-order chi connectivity index (χ1) is 0. The van der Waals surface area contributed by atoms with Crippen molar-refractivity contribution in [3.63, 3.8) is 0 Å². The first kappa shape index (κ1) is 59.5. The van der Waals surface area contributed by atoms with Crippen LogP contribution >= 0.6 is 0 Å². The van der Waals surface area contributed by atoms with E-state index < -0.39 is 0 Å². The molecule has 0 aliphatic carbocycles. The van der Waals surface area contributed by atoms with Crippen molar-refractivity contribution in [2.45, 2.75) is 0 Å². The van der Waals surface area contributed by atoms with E-state index in [1.54, 1.807) is 0 Å². The third-order valence-electron chi connectivity index (χ3n) is 0. The van der Waals surface area contributed by atoms with E-state index in [1.807, 2.05) is 0 Å². The second kappa shape index (κ2) is 35.8. The molecule has 0 heterocycles. The largest absolute Gasteiger partial charge is 3.00 e. The van der Waals surface area contributed by atoms with Gasteiger partial charge in [0.15, 0.2) is 0 Å². The normalized spacial score (nSPS) is 0. The Labute approximate surface area is 74.7 Å². The molecule has 0 atom stereocenters. The second-order valence-corrected chi connectivity index (χ2v) is 0. The van der Waals surface area contributed by atoms with Crippen LogP contribution in [-0.4, -0.2) is 0 Å². The van der Waals surface area contributed by atoms with Gasteiger partial charge in [0.2, 0.25) is 0 Å². The fourth-order valence-corrected chi connectivity index (χ4v) is 0. The molecule has 5 heavy (non-hydrogen) atoms. The molecule has 0 rings (SSSR count). The smallest absolute Gasteiger partial charge is 2.00 e. The molecule has 0 aromatic heterocycles. The van der Waals surface area contributed by atoms with Gasteiger partial charge in [0.25, 0.3) is 0 Å². The van der Waals surface area contributed by atoms with E-state index in [9.17, 15) is 0 Å². The van der Waals surface area contributed by atoms with E-state index in [0.717, 1.165) is 0 Å². The molecule has 0 spiro atoms. The van der Waals surface area contributed by atoms with Gasteiger partial charge in [-0.2, -0.15) is 0 Å². The predicted molar refractivity (Wildman–Crippen MR) is 22.1 cm³/mol. The van der Waals surface area contributed by atoms with Gasteiger partial charge in [0.05, 0.1) is 0 Å². The van der Waals surface area contributed by atoms with Crippen molar-refractivity contribution >= 4 is 40.5 Å². The fraction of sp³-hybridized carbons (Fsp3) is 0. The summed E-state index contributed by atoms with van der Waals surface area (Å²) in [5.41, 5.74) is 0. The molecule has 0 fully saturated rings. The molecule has 0 saturated heterocycles. The monoisotopic (exact) mass is 200 g/mol. The minimum Gasteiger partial charge on any atom is -2.00 e. The Kier molecular flexibility index (Phi) is 425. The van der Waals surface area contributed by atoms with Gasteiger partial charge in [0.1, 0.15) is 0 Å². The van der Waals surface area contributed by atoms with E-state index in [0.29, 0.717) is 0 Å². The van der Waals surface area contributed by atoms with Crippen LogP contribution in [0.15, 0.2) is 0 Å². The summed E-state index contributed by atoms with van der Waals surface area (Å²) in [6.07, 6.45) is 0. The Morgan fingerprint density at radius 1 is 0.400 bits per heavy atom. The van der Waals surface area contributed by atoms with Crippen LogP contribution in [0, 0.1) is 0 Å². The van der Waals surface area contributed by atoms with Gasteiger partial charge in [-0.05, 0) is 0 Å². The van der Waals surface area contributed by atoms with Crippen LogP contribution < -0.4 is 0 Å². The minimum atomic E-state index is 0. The first-order valence-electron chi connectivity index (χ1n) is 0. The van der Waals surface area contributed by atoms with Crippen molar-refractivity contribution in [1.82, 2.24) is 0 Å². The van der Waals surface area contributed by atoms with Crippen molar-refractivity contribution in [2.75, 3.05) is 0 Å². The summed E-state index contributed by atoms with van der Waals surface area (Å²) in [6.45, 7) is 0. The van der Waals surface area contributed by atoms with Gasteiger partial charge >= 0.3 is 34.7 Å². The molecule has 0 aliphatic heterocycles. The van der Waals surface area contributed by atoms with Gasteiger partial charge in [-0.1, -0.05) is 0 Å². The average molecular weight is 200 g/mol. The maximum atomic E-state index is 0. The summed E-state index contributed by atoms with van der Waals surface area (Å²) in [6, 6.07) is 0. The van der Waals surface area contributed by atoms with E-state index >= 15 is 0 Å². The average Bonchev–Trinajstić information content (AvgIpc) is 0. The zero-order chi connectivity index (χ0) is 0. The zero-order valence-corrected chi connectivity index (χ0v) is 7.04. The van der Waals surface area contributed by atoms with Crippen LogP contribution in [0.1, 0.15) is 0 Å². The van der Waals surface area contributed by atoms with Crippen molar-refractivity contribution < 1.29 is 34.7 Å². The van der Waals surface area contributed by atoms with E-state index in [2.05, 4.69) is 0 Å². The summed E-state index contributed by atoms with van der Waals surface area (Å²) < 4.78 is 0. The Hall–Kier alpha value is 2.11. The fourth-order valence-electron chi connectivity index (χ4n) is 0. The maximum absolute atomic E-state index is 0. The summed E-state index contributed by atoms with van der Waals surface area (Å²) in [5, 5.41) is 0. The van der Waals surface area contributed by atoms with Gasteiger partial charge in [-0.25, -0.2) is 0 Å². The Morgan fingerprint density at radius 3 is 0.400 bits per heavy atom. The molecule has 0 unspecified atom stereocenters. The van der Waals surface area contributed by atoms with Crippen LogP contribution in [0.5, 0.6) is 0 Å². The van der Waals surface area contributed by atoms with Gasteiger partial charge in [0, 0.05) is 0 Å². The van der Waals surface area contributed by atoms with Crippen molar-refractivity contribution in [2.24, 2.45) is 0 Å². The van der Waals surface area contributed by atoms with Crippen LogP contribution in [0.2, 0.25) is 0 Å². The summed E-state index contributed by atoms with van der Waals surface area (Å²) >= 11 is 0. The molecule has 5 heteroatoms. The van der Waals surface area contributed by atoms with Gasteiger partial charge in [-0.3, -0.25) is 0 Å².